The van der Waals surface area contributed by atoms with E-state index in [4.69, 9.17) is 5.11 Å². The van der Waals surface area contributed by atoms with Crippen molar-refractivity contribution in [1.29, 1.82) is 0 Å². The van der Waals surface area contributed by atoms with Gasteiger partial charge in [0, 0.05) is 0 Å². The summed E-state index contributed by atoms with van der Waals surface area (Å²) >= 11 is 0. The molecule has 0 spiro atoms. The summed E-state index contributed by atoms with van der Waals surface area (Å²) in [4.78, 5) is 26.6. The largest absolute Gasteiger partial charge is 0.479 e. The third-order valence-electron chi connectivity index (χ3n) is 2.47. The van der Waals surface area contributed by atoms with Gasteiger partial charge in [0.05, 0.1) is 6.54 Å². The molecule has 0 fully saturated rings. The van der Waals surface area contributed by atoms with E-state index in [9.17, 15) is 9.59 Å². The van der Waals surface area contributed by atoms with Gasteiger partial charge in [0.2, 0.25) is 6.39 Å². The molecule has 0 radical (unpaired) electrons. The van der Waals surface area contributed by atoms with Crippen molar-refractivity contribution >= 4 is 12.0 Å². The van der Waals surface area contributed by atoms with Gasteiger partial charge in [-0.25, -0.2) is 9.59 Å². The Morgan fingerprint density at radius 3 is 2.65 bits per heavy atom. The number of nitrogens with zero attached hydrogens (tertiary/aromatic N) is 2. The van der Waals surface area contributed by atoms with Gasteiger partial charge in [-0.05, 0) is 5.56 Å². The van der Waals surface area contributed by atoms with Gasteiger partial charge in [-0.3, -0.25) is 0 Å². The van der Waals surface area contributed by atoms with Crippen LogP contribution in [0.1, 0.15) is 17.4 Å². The number of amides is 2. The van der Waals surface area contributed by atoms with Crippen LogP contribution in [0.25, 0.3) is 0 Å². The van der Waals surface area contributed by atoms with Crippen LogP contribution in [-0.2, 0) is 11.3 Å². The molecule has 1 heterocycles. The minimum atomic E-state index is -1.15. The number of aliphatic carboxylic acids is 1. The fourth-order valence-corrected chi connectivity index (χ4v) is 1.54. The molecule has 0 aliphatic rings. The highest BCUT2D eigenvalue weighted by Gasteiger charge is 2.21. The lowest BCUT2D eigenvalue weighted by Gasteiger charge is -2.14. The maximum absolute atomic E-state index is 11.7. The third-order valence-corrected chi connectivity index (χ3v) is 2.47. The lowest BCUT2D eigenvalue weighted by atomic mass is 10.1. The number of carboxylic acids is 1. The topological polar surface area (TPSA) is 117 Å². The first kappa shape index (κ1) is 13.5. The van der Waals surface area contributed by atoms with Crippen LogP contribution in [0, 0.1) is 0 Å². The van der Waals surface area contributed by atoms with Gasteiger partial charge in [0.25, 0.3) is 0 Å². The maximum atomic E-state index is 11.7. The summed E-state index contributed by atoms with van der Waals surface area (Å²) in [5, 5.41) is 17.5. The molecular weight excluding hydrogens is 264 g/mol. The van der Waals surface area contributed by atoms with Gasteiger partial charge in [-0.1, -0.05) is 35.5 Å². The van der Waals surface area contributed by atoms with E-state index in [0.29, 0.717) is 11.4 Å². The number of hydrogen-bond acceptors (Lipinski definition) is 5. The molecule has 2 aromatic rings. The van der Waals surface area contributed by atoms with Crippen LogP contribution in [0.15, 0.2) is 41.2 Å². The molecule has 0 bridgehead atoms. The summed E-state index contributed by atoms with van der Waals surface area (Å²) in [6.07, 6.45) is 1.14. The monoisotopic (exact) mass is 276 g/mol. The van der Waals surface area contributed by atoms with Crippen molar-refractivity contribution in [2.24, 2.45) is 0 Å². The van der Waals surface area contributed by atoms with Crippen LogP contribution in [0.5, 0.6) is 0 Å². The average molecular weight is 276 g/mol. The summed E-state index contributed by atoms with van der Waals surface area (Å²) in [6, 6.07) is 6.65. The Hall–Kier alpha value is -2.90. The standard InChI is InChI=1S/C12H12N4O4/c17-11(18)10(8-4-2-1-3-5-8)15-12(19)13-6-9-14-7-20-16-9/h1-5,7,10H,6H2,(H,17,18)(H2,13,15,19). The number of carboxylic acid groups (broad SMARTS) is 1. The van der Waals surface area contributed by atoms with Gasteiger partial charge in [0.1, 0.15) is 0 Å². The predicted octanol–water partition coefficient (Wildman–Crippen LogP) is 0.695. The Morgan fingerprint density at radius 1 is 1.30 bits per heavy atom. The SMILES string of the molecule is O=C(NCc1ncon1)NC(C(=O)O)c1ccccc1. The van der Waals surface area contributed by atoms with Crippen molar-refractivity contribution < 1.29 is 19.2 Å². The molecule has 104 valence electrons. The first-order chi connectivity index (χ1) is 9.66. The second kappa shape index (κ2) is 6.32. The van der Waals surface area contributed by atoms with E-state index in [1.54, 1.807) is 30.3 Å². The Kier molecular flexibility index (Phi) is 4.28. The Balaban J connectivity index is 1.95. The number of nitrogens with one attached hydrogen (secondary N) is 2. The van der Waals surface area contributed by atoms with Crippen LogP contribution in [0.2, 0.25) is 0 Å². The quantitative estimate of drug-likeness (QED) is 0.739. The lowest BCUT2D eigenvalue weighted by molar-refractivity contribution is -0.139. The molecule has 0 aliphatic carbocycles. The highest BCUT2D eigenvalue weighted by atomic mass is 16.5. The van der Waals surface area contributed by atoms with E-state index in [-0.39, 0.29) is 6.54 Å². The van der Waals surface area contributed by atoms with Crippen molar-refractivity contribution in [1.82, 2.24) is 20.8 Å². The highest BCUT2D eigenvalue weighted by molar-refractivity contribution is 5.83. The number of benzene rings is 1. The van der Waals surface area contributed by atoms with Crippen molar-refractivity contribution in [3.8, 4) is 0 Å². The molecule has 0 saturated carbocycles. The number of aromatic nitrogens is 2. The Labute approximate surface area is 113 Å². The van der Waals surface area contributed by atoms with Crippen molar-refractivity contribution in [2.75, 3.05) is 0 Å². The zero-order valence-corrected chi connectivity index (χ0v) is 10.3. The van der Waals surface area contributed by atoms with Gasteiger partial charge >= 0.3 is 12.0 Å². The summed E-state index contributed by atoms with van der Waals surface area (Å²) in [7, 11) is 0. The molecule has 0 saturated heterocycles. The van der Waals surface area contributed by atoms with E-state index in [2.05, 4.69) is 25.3 Å². The number of rotatable bonds is 5. The second-order valence-corrected chi connectivity index (χ2v) is 3.86. The van der Waals surface area contributed by atoms with E-state index in [1.165, 1.54) is 0 Å². The summed E-state index contributed by atoms with van der Waals surface area (Å²) in [5.41, 5.74) is 0.481. The molecule has 8 heteroatoms. The lowest BCUT2D eigenvalue weighted by Crippen LogP contribution is -2.40. The van der Waals surface area contributed by atoms with Gasteiger partial charge < -0.3 is 20.3 Å². The first-order valence-corrected chi connectivity index (χ1v) is 5.74. The molecule has 2 rings (SSSR count). The molecule has 8 nitrogen and oxygen atoms in total. The average Bonchev–Trinajstić information content (AvgIpc) is 2.96. The van der Waals surface area contributed by atoms with Crippen LogP contribution < -0.4 is 10.6 Å². The third kappa shape index (κ3) is 3.55. The molecule has 3 N–H and O–H groups in total. The zero-order chi connectivity index (χ0) is 14.4. The number of carbonyl (C=O) groups excluding carboxylic acids is 1. The fourth-order valence-electron chi connectivity index (χ4n) is 1.54. The number of hydrogen-bond donors (Lipinski definition) is 3. The molecule has 2 amide bonds. The summed E-state index contributed by atoms with van der Waals surface area (Å²) in [6.45, 7) is 0.0451. The molecular formula is C12H12N4O4. The molecule has 1 unspecified atom stereocenters. The first-order valence-electron chi connectivity index (χ1n) is 5.74. The maximum Gasteiger partial charge on any atom is 0.330 e. The highest BCUT2D eigenvalue weighted by Crippen LogP contribution is 2.12. The van der Waals surface area contributed by atoms with Gasteiger partial charge in [0.15, 0.2) is 11.9 Å². The Bertz CT molecular complexity index is 570. The molecule has 0 aliphatic heterocycles. The van der Waals surface area contributed by atoms with Crippen LogP contribution >= 0.6 is 0 Å². The van der Waals surface area contributed by atoms with E-state index < -0.39 is 18.0 Å². The minimum Gasteiger partial charge on any atom is -0.479 e. The van der Waals surface area contributed by atoms with Gasteiger partial charge in [-0.2, -0.15) is 4.98 Å². The van der Waals surface area contributed by atoms with E-state index >= 15 is 0 Å². The fraction of sp³-hybridized carbons (Fsp3) is 0.167. The van der Waals surface area contributed by atoms with Crippen LogP contribution in [0.3, 0.4) is 0 Å². The smallest absolute Gasteiger partial charge is 0.330 e. The predicted molar refractivity (Wildman–Crippen MR) is 66.5 cm³/mol. The normalized spacial score (nSPS) is 11.6. The molecule has 20 heavy (non-hydrogen) atoms. The molecule has 1 atom stereocenters. The number of urea groups is 1. The van der Waals surface area contributed by atoms with Crippen molar-refractivity contribution in [3.63, 3.8) is 0 Å². The van der Waals surface area contributed by atoms with Crippen molar-refractivity contribution in [3.05, 3.63) is 48.1 Å². The summed E-state index contributed by atoms with van der Waals surface area (Å²) < 4.78 is 4.51. The summed E-state index contributed by atoms with van der Waals surface area (Å²) in [5.74, 6) is -0.849. The molecule has 1 aromatic carbocycles. The second-order valence-electron chi connectivity index (χ2n) is 3.86. The number of carbonyl (C=O) groups is 2. The van der Waals surface area contributed by atoms with Crippen molar-refractivity contribution in [2.45, 2.75) is 12.6 Å². The van der Waals surface area contributed by atoms with E-state index in [0.717, 1.165) is 6.39 Å². The van der Waals surface area contributed by atoms with Crippen LogP contribution in [-0.4, -0.2) is 27.2 Å². The minimum absolute atomic E-state index is 0.0451. The van der Waals surface area contributed by atoms with Gasteiger partial charge in [-0.15, -0.1) is 0 Å². The Morgan fingerprint density at radius 2 is 2.05 bits per heavy atom. The molecule has 1 aromatic heterocycles. The van der Waals surface area contributed by atoms with E-state index in [1.807, 2.05) is 0 Å². The zero-order valence-electron chi connectivity index (χ0n) is 10.3. The van der Waals surface area contributed by atoms with Crippen LogP contribution in [0.4, 0.5) is 4.79 Å².